The quantitative estimate of drug-likeness (QED) is 0.0893. The van der Waals surface area contributed by atoms with E-state index in [1.165, 1.54) is 55.5 Å². The number of fused-ring (bicyclic) bond motifs is 4. The highest BCUT2D eigenvalue weighted by molar-refractivity contribution is 7.00. The molecule has 0 aliphatic carbocycles. The Bertz CT molecular complexity index is 5460. The van der Waals surface area contributed by atoms with E-state index in [0.717, 1.165) is 135 Å². The molecule has 16 aromatic carbocycles. The molecule has 0 unspecified atom stereocenters. The molecule has 0 radical (unpaired) electrons. The van der Waals surface area contributed by atoms with Crippen LogP contribution in [0.25, 0.3) is 111 Å². The van der Waals surface area contributed by atoms with Gasteiger partial charge in [-0.1, -0.05) is 343 Å². The average Bonchev–Trinajstić information content (AvgIpc) is 0.686. The summed E-state index contributed by atoms with van der Waals surface area (Å²) in [6.07, 6.45) is 0.859. The van der Waals surface area contributed by atoms with Crippen LogP contribution in [0.2, 0.25) is 0 Å². The molecule has 0 atom stereocenters. The molecule has 18 rings (SSSR count). The van der Waals surface area contributed by atoms with Crippen molar-refractivity contribution in [2.24, 2.45) is 0 Å². The summed E-state index contributed by atoms with van der Waals surface area (Å²) in [4.78, 5) is 8.07. The zero-order chi connectivity index (χ0) is 73.7. The second-order valence-electron chi connectivity index (χ2n) is 30.4. The second kappa shape index (κ2) is 28.7. The molecule has 0 bridgehead atoms. The van der Waals surface area contributed by atoms with E-state index in [1.54, 1.807) is 0 Å². The minimum absolute atomic E-state index is 0.0121. The molecule has 0 aromatic heterocycles. The molecule has 2 aliphatic rings. The molecule has 0 amide bonds. The Balaban J connectivity index is 1.01. The van der Waals surface area contributed by atoms with Crippen LogP contribution in [-0.4, -0.2) is 12.8 Å². The Morgan fingerprint density at radius 3 is 0.881 bits per heavy atom. The third-order valence-electron chi connectivity index (χ3n) is 22.3. The van der Waals surface area contributed by atoms with Crippen molar-refractivity contribution in [1.82, 2.24) is 0 Å². The molecule has 2 heterocycles. The Morgan fingerprint density at radius 2 is 0.587 bits per heavy atom. The predicted molar refractivity (Wildman–Crippen MR) is 467 cm³/mol. The highest BCUT2D eigenvalue weighted by Gasteiger charge is 2.46. The van der Waals surface area contributed by atoms with Gasteiger partial charge in [0.05, 0.1) is 11.4 Å². The first kappa shape index (κ1) is 67.8. The van der Waals surface area contributed by atoms with Gasteiger partial charge >= 0.3 is 0 Å². The molecule has 0 spiro atoms. The van der Waals surface area contributed by atoms with Gasteiger partial charge in [-0.2, -0.15) is 0 Å². The lowest BCUT2D eigenvalue weighted by molar-refractivity contribution is 0.589. The average molecular weight is 1400 g/mol. The number of hydrogen-bond donors (Lipinski definition) is 0. The third-order valence-corrected chi connectivity index (χ3v) is 22.3. The zero-order valence-corrected chi connectivity index (χ0v) is 62.6. The number of hydrogen-bond acceptors (Lipinski definition) is 3. The van der Waals surface area contributed by atoms with Crippen molar-refractivity contribution in [3.8, 4) is 111 Å². The fourth-order valence-corrected chi connectivity index (χ4v) is 17.0. The lowest BCUT2D eigenvalue weighted by Gasteiger charge is -2.46. The van der Waals surface area contributed by atoms with Crippen LogP contribution in [0.15, 0.2) is 382 Å². The first-order valence-electron chi connectivity index (χ1n) is 38.5. The molecule has 0 N–H and O–H groups in total. The Labute approximate surface area is 643 Å². The maximum atomic E-state index is 2.71. The smallest absolute Gasteiger partial charge is 0.252 e. The molecule has 4 heteroatoms. The maximum Gasteiger partial charge on any atom is 0.252 e. The molecule has 0 fully saturated rings. The fraction of sp³-hybridized carbons (Fsp3) is 0.0857. The Hall–Kier alpha value is -13.0. The standard InChI is InChI=1S/C105H84BN3/c1-7-72-66-89(105(4,5)6)56-59-97(72)107(71(2)3)90-69-100-102-101(70-90)109(104-93(79-46-28-14-29-47-79)52-33-53-94(104)80-48-30-15-31-49-80)99-68-82(88-64-85(75-38-20-10-21-39-75)61-86(65-88)76-40-22-11-23-41-76)55-58-96(99)106(102)95-57-54-81(87-62-83(73-34-16-8-17-35-73)60-84(63-87)74-36-18-9-19-37-74)67-98(95)108(100)103-91(77-42-24-12-25-43-77)50-32-51-92(103)78-44-26-13-27-45-78/h8-71H,7H2,1-6H3. The maximum absolute atomic E-state index is 2.71. The lowest BCUT2D eigenvalue weighted by Crippen LogP contribution is -2.61. The van der Waals surface area contributed by atoms with Crippen LogP contribution in [0, 0.1) is 0 Å². The van der Waals surface area contributed by atoms with Crippen molar-refractivity contribution in [1.29, 1.82) is 0 Å². The van der Waals surface area contributed by atoms with Crippen LogP contribution in [0.3, 0.4) is 0 Å². The van der Waals surface area contributed by atoms with Crippen LogP contribution in [0.4, 0.5) is 45.5 Å². The van der Waals surface area contributed by atoms with E-state index >= 15 is 0 Å². The van der Waals surface area contributed by atoms with Crippen molar-refractivity contribution < 1.29 is 0 Å². The molecule has 3 nitrogen and oxygen atoms in total. The summed E-state index contributed by atoms with van der Waals surface area (Å²) in [6, 6.07) is 144. The topological polar surface area (TPSA) is 9.72 Å². The number of aryl methyl sites for hydroxylation is 1. The van der Waals surface area contributed by atoms with Gasteiger partial charge in [-0.05, 0) is 209 Å². The van der Waals surface area contributed by atoms with Gasteiger partial charge in [0, 0.05) is 62.4 Å². The van der Waals surface area contributed by atoms with E-state index in [1.807, 2.05) is 0 Å². The number of rotatable bonds is 16. The lowest BCUT2D eigenvalue weighted by atomic mass is 9.33. The summed E-state index contributed by atoms with van der Waals surface area (Å²) in [6.45, 7) is 13.8. The summed E-state index contributed by atoms with van der Waals surface area (Å²) in [5.74, 6) is 0. The van der Waals surface area contributed by atoms with E-state index in [9.17, 15) is 0 Å². The Kier molecular flexibility index (Phi) is 17.9. The zero-order valence-electron chi connectivity index (χ0n) is 62.6. The third kappa shape index (κ3) is 12.7. The second-order valence-corrected chi connectivity index (χ2v) is 30.4. The summed E-state index contributed by atoms with van der Waals surface area (Å²) >= 11 is 0. The molecular weight excluding hydrogens is 1310 g/mol. The highest BCUT2D eigenvalue weighted by atomic mass is 15.2. The van der Waals surface area contributed by atoms with Gasteiger partial charge in [0.15, 0.2) is 0 Å². The van der Waals surface area contributed by atoms with Gasteiger partial charge in [0.2, 0.25) is 0 Å². The minimum atomic E-state index is -0.274. The van der Waals surface area contributed by atoms with E-state index in [-0.39, 0.29) is 18.2 Å². The monoisotopic (exact) mass is 1400 g/mol. The molecule has 16 aromatic rings. The van der Waals surface area contributed by atoms with Crippen LogP contribution in [0.5, 0.6) is 0 Å². The molecule has 109 heavy (non-hydrogen) atoms. The van der Waals surface area contributed by atoms with E-state index in [0.29, 0.717) is 0 Å². The molecular formula is C105H84BN3. The number of para-hydroxylation sites is 2. The van der Waals surface area contributed by atoms with E-state index < -0.39 is 0 Å². The number of benzene rings is 16. The van der Waals surface area contributed by atoms with Gasteiger partial charge in [-0.25, -0.2) is 0 Å². The molecule has 2 aliphatic heterocycles. The fourth-order valence-electron chi connectivity index (χ4n) is 17.0. The molecule has 0 saturated carbocycles. The number of anilines is 8. The molecule has 0 saturated heterocycles. The summed E-state index contributed by atoms with van der Waals surface area (Å²) in [5, 5.41) is 0. The van der Waals surface area contributed by atoms with Gasteiger partial charge in [0.1, 0.15) is 0 Å². The molecule has 522 valence electrons. The van der Waals surface area contributed by atoms with Gasteiger partial charge in [-0.15, -0.1) is 0 Å². The first-order chi connectivity index (χ1) is 53.5. The number of nitrogens with zero attached hydrogens (tertiary/aromatic N) is 3. The van der Waals surface area contributed by atoms with Crippen molar-refractivity contribution in [2.45, 2.75) is 59.4 Å². The summed E-state index contributed by atoms with van der Waals surface area (Å²) < 4.78 is 0. The van der Waals surface area contributed by atoms with Crippen molar-refractivity contribution in [2.75, 3.05) is 14.7 Å². The summed E-state index contributed by atoms with van der Waals surface area (Å²) in [5.41, 5.74) is 38.1. The van der Waals surface area contributed by atoms with E-state index in [2.05, 4.69) is 438 Å². The predicted octanol–water partition coefficient (Wildman–Crippen LogP) is 26.8. The Morgan fingerprint density at radius 1 is 0.284 bits per heavy atom. The normalized spacial score (nSPS) is 12.2. The van der Waals surface area contributed by atoms with Crippen LogP contribution < -0.4 is 31.1 Å². The van der Waals surface area contributed by atoms with Crippen LogP contribution >= 0.6 is 0 Å². The van der Waals surface area contributed by atoms with Gasteiger partial charge in [0.25, 0.3) is 6.71 Å². The highest BCUT2D eigenvalue weighted by Crippen LogP contribution is 2.55. The first-order valence-corrected chi connectivity index (χ1v) is 38.5. The minimum Gasteiger partial charge on any atom is -0.339 e. The van der Waals surface area contributed by atoms with Crippen LogP contribution in [-0.2, 0) is 11.8 Å². The van der Waals surface area contributed by atoms with Gasteiger partial charge < -0.3 is 14.7 Å². The van der Waals surface area contributed by atoms with Gasteiger partial charge in [-0.3, -0.25) is 0 Å². The SMILES string of the molecule is CCc1cc(C(C)(C)C)ccc1N(c1cc2c3c(c1)N(c1c(-c4ccccc4)cccc1-c1ccccc1)c1cc(-c4cc(-c5ccccc5)cc(-c5ccccc5)c4)ccc1B3c1ccc(-c3cc(-c4ccccc4)cc(-c4ccccc4)c3)cc1N2c1c(-c2ccccc2)cccc1-c1ccccc1)C(C)C. The van der Waals surface area contributed by atoms with Crippen molar-refractivity contribution in [3.63, 3.8) is 0 Å². The largest absolute Gasteiger partial charge is 0.339 e. The van der Waals surface area contributed by atoms with Crippen LogP contribution in [0.1, 0.15) is 52.7 Å². The van der Waals surface area contributed by atoms with Crippen molar-refractivity contribution in [3.05, 3.63) is 393 Å². The van der Waals surface area contributed by atoms with E-state index in [4.69, 9.17) is 0 Å². The summed E-state index contributed by atoms with van der Waals surface area (Å²) in [7, 11) is 0. The van der Waals surface area contributed by atoms with Crippen molar-refractivity contribution >= 4 is 68.6 Å².